The van der Waals surface area contributed by atoms with E-state index >= 15 is 0 Å². The lowest BCUT2D eigenvalue weighted by Crippen LogP contribution is -2.50. The Kier molecular flexibility index (Phi) is 6.32. The van der Waals surface area contributed by atoms with Gasteiger partial charge in [-0.1, -0.05) is 15.9 Å². The number of benzene rings is 1. The molecule has 0 radical (unpaired) electrons. The predicted octanol–water partition coefficient (Wildman–Crippen LogP) is 3.68. The zero-order valence-corrected chi connectivity index (χ0v) is 16.8. The first-order valence-corrected chi connectivity index (χ1v) is 9.19. The number of hydrogen-bond donors (Lipinski definition) is 0. The molecule has 0 aliphatic carbocycles. The number of esters is 1. The Morgan fingerprint density at radius 2 is 1.76 bits per heavy atom. The lowest BCUT2D eigenvalue weighted by atomic mass is 10.1. The standard InChI is InChI=1S/C18H25BrN2O4/c1-5-24-16(22)13-10-14(19)12-15(11-13)20-6-8-21(9-7-20)17(23)25-18(2,3)4/h10-12H,5-9H2,1-4H3. The van der Waals surface area contributed by atoms with Gasteiger partial charge in [-0.05, 0) is 45.9 Å². The molecule has 1 amide bonds. The number of amides is 1. The maximum atomic E-state index is 12.1. The minimum Gasteiger partial charge on any atom is -0.462 e. The molecule has 1 aromatic carbocycles. The molecule has 1 saturated heterocycles. The van der Waals surface area contributed by atoms with E-state index in [1.165, 1.54) is 0 Å². The Hall–Kier alpha value is -1.76. The zero-order chi connectivity index (χ0) is 18.6. The van der Waals surface area contributed by atoms with Gasteiger partial charge in [0.05, 0.1) is 12.2 Å². The second-order valence-electron chi connectivity index (χ2n) is 6.87. The van der Waals surface area contributed by atoms with Crippen molar-refractivity contribution >= 4 is 33.7 Å². The van der Waals surface area contributed by atoms with Gasteiger partial charge in [0.25, 0.3) is 0 Å². The summed E-state index contributed by atoms with van der Waals surface area (Å²) >= 11 is 3.45. The molecule has 0 spiro atoms. The molecule has 7 heteroatoms. The van der Waals surface area contributed by atoms with E-state index in [0.29, 0.717) is 38.3 Å². The topological polar surface area (TPSA) is 59.1 Å². The summed E-state index contributed by atoms with van der Waals surface area (Å²) in [5.74, 6) is -0.336. The number of carbonyl (C=O) groups excluding carboxylic acids is 2. The van der Waals surface area contributed by atoms with Gasteiger partial charge in [-0.3, -0.25) is 0 Å². The van der Waals surface area contributed by atoms with E-state index in [-0.39, 0.29) is 12.1 Å². The lowest BCUT2D eigenvalue weighted by Gasteiger charge is -2.37. The van der Waals surface area contributed by atoms with Gasteiger partial charge in [-0.25, -0.2) is 9.59 Å². The number of carbonyl (C=O) groups is 2. The molecule has 1 fully saturated rings. The Bertz CT molecular complexity index is 634. The van der Waals surface area contributed by atoms with Gasteiger partial charge in [0.15, 0.2) is 0 Å². The molecule has 0 saturated carbocycles. The number of ether oxygens (including phenoxy) is 2. The van der Waals surface area contributed by atoms with E-state index in [2.05, 4.69) is 20.8 Å². The van der Waals surface area contributed by atoms with Crippen molar-refractivity contribution in [1.29, 1.82) is 0 Å². The van der Waals surface area contributed by atoms with Crippen molar-refractivity contribution < 1.29 is 19.1 Å². The Balaban J connectivity index is 2.03. The normalized spacial score (nSPS) is 15.1. The van der Waals surface area contributed by atoms with Crippen molar-refractivity contribution in [2.24, 2.45) is 0 Å². The second kappa shape index (κ2) is 8.08. The van der Waals surface area contributed by atoms with Crippen LogP contribution in [0.15, 0.2) is 22.7 Å². The first-order chi connectivity index (χ1) is 11.7. The molecule has 0 N–H and O–H groups in total. The quantitative estimate of drug-likeness (QED) is 0.708. The average Bonchev–Trinajstić information content (AvgIpc) is 2.53. The third-order valence-electron chi connectivity index (χ3n) is 3.69. The summed E-state index contributed by atoms with van der Waals surface area (Å²) in [5, 5.41) is 0. The summed E-state index contributed by atoms with van der Waals surface area (Å²) in [6, 6.07) is 5.54. The number of rotatable bonds is 3. The van der Waals surface area contributed by atoms with Crippen LogP contribution in [0.1, 0.15) is 38.1 Å². The molecule has 0 bridgehead atoms. The third-order valence-corrected chi connectivity index (χ3v) is 4.15. The lowest BCUT2D eigenvalue weighted by molar-refractivity contribution is 0.0240. The molecule has 1 heterocycles. The molecule has 0 aromatic heterocycles. The minimum absolute atomic E-state index is 0.284. The fourth-order valence-electron chi connectivity index (χ4n) is 2.56. The van der Waals surface area contributed by atoms with Crippen molar-refractivity contribution in [3.8, 4) is 0 Å². The third kappa shape index (κ3) is 5.63. The highest BCUT2D eigenvalue weighted by molar-refractivity contribution is 9.10. The van der Waals surface area contributed by atoms with Gasteiger partial charge in [0.1, 0.15) is 5.60 Å². The molecule has 6 nitrogen and oxygen atoms in total. The van der Waals surface area contributed by atoms with Crippen molar-refractivity contribution in [1.82, 2.24) is 4.90 Å². The van der Waals surface area contributed by atoms with Crippen molar-refractivity contribution in [3.05, 3.63) is 28.2 Å². The van der Waals surface area contributed by atoms with Crippen LogP contribution >= 0.6 is 15.9 Å². The molecule has 2 rings (SSSR count). The van der Waals surface area contributed by atoms with Crippen LogP contribution in [0, 0.1) is 0 Å². The van der Waals surface area contributed by atoms with E-state index in [9.17, 15) is 9.59 Å². The summed E-state index contributed by atoms with van der Waals surface area (Å²) in [5.41, 5.74) is 0.953. The van der Waals surface area contributed by atoms with Gasteiger partial charge in [-0.15, -0.1) is 0 Å². The molecule has 25 heavy (non-hydrogen) atoms. The monoisotopic (exact) mass is 412 g/mol. The van der Waals surface area contributed by atoms with Crippen LogP contribution in [0.25, 0.3) is 0 Å². The molecule has 0 atom stereocenters. The fourth-order valence-corrected chi connectivity index (χ4v) is 3.04. The van der Waals surface area contributed by atoms with Gasteiger partial charge < -0.3 is 19.3 Å². The van der Waals surface area contributed by atoms with Crippen LogP contribution in [0.3, 0.4) is 0 Å². The number of halogens is 1. The maximum Gasteiger partial charge on any atom is 0.410 e. The first kappa shape index (κ1) is 19.6. The Morgan fingerprint density at radius 3 is 2.32 bits per heavy atom. The highest BCUT2D eigenvalue weighted by atomic mass is 79.9. The predicted molar refractivity (Wildman–Crippen MR) is 100 cm³/mol. The largest absolute Gasteiger partial charge is 0.462 e. The van der Waals surface area contributed by atoms with E-state index < -0.39 is 5.60 Å². The number of hydrogen-bond acceptors (Lipinski definition) is 5. The number of piperazine rings is 1. The molecular formula is C18H25BrN2O4. The fraction of sp³-hybridized carbons (Fsp3) is 0.556. The SMILES string of the molecule is CCOC(=O)c1cc(Br)cc(N2CCN(C(=O)OC(C)(C)C)CC2)c1. The smallest absolute Gasteiger partial charge is 0.410 e. The highest BCUT2D eigenvalue weighted by Gasteiger charge is 2.26. The summed E-state index contributed by atoms with van der Waals surface area (Å²) < 4.78 is 11.3. The maximum absolute atomic E-state index is 12.1. The molecule has 1 aliphatic rings. The Morgan fingerprint density at radius 1 is 1.12 bits per heavy atom. The van der Waals surface area contributed by atoms with E-state index in [4.69, 9.17) is 9.47 Å². The number of anilines is 1. The molecule has 1 aliphatic heterocycles. The van der Waals surface area contributed by atoms with Gasteiger partial charge >= 0.3 is 12.1 Å². The van der Waals surface area contributed by atoms with Gasteiger partial charge in [0.2, 0.25) is 0 Å². The highest BCUT2D eigenvalue weighted by Crippen LogP contribution is 2.25. The van der Waals surface area contributed by atoms with Crippen LogP contribution in [-0.4, -0.2) is 55.3 Å². The minimum atomic E-state index is -0.493. The van der Waals surface area contributed by atoms with Crippen LogP contribution in [0.2, 0.25) is 0 Å². The average molecular weight is 413 g/mol. The first-order valence-electron chi connectivity index (χ1n) is 8.40. The van der Waals surface area contributed by atoms with E-state index in [1.54, 1.807) is 17.9 Å². The molecular weight excluding hydrogens is 388 g/mol. The molecule has 1 aromatic rings. The zero-order valence-electron chi connectivity index (χ0n) is 15.2. The molecule has 0 unspecified atom stereocenters. The van der Waals surface area contributed by atoms with Crippen molar-refractivity contribution in [2.75, 3.05) is 37.7 Å². The van der Waals surface area contributed by atoms with Crippen molar-refractivity contribution in [2.45, 2.75) is 33.3 Å². The van der Waals surface area contributed by atoms with Crippen LogP contribution in [0.5, 0.6) is 0 Å². The van der Waals surface area contributed by atoms with E-state index in [1.807, 2.05) is 32.9 Å². The van der Waals surface area contributed by atoms with Crippen LogP contribution in [0.4, 0.5) is 10.5 Å². The Labute approximate surface area is 157 Å². The summed E-state index contributed by atoms with van der Waals surface area (Å²) in [6.07, 6.45) is -0.284. The van der Waals surface area contributed by atoms with Gasteiger partial charge in [0, 0.05) is 36.3 Å². The summed E-state index contributed by atoms with van der Waals surface area (Å²) in [6.45, 7) is 10.2. The second-order valence-corrected chi connectivity index (χ2v) is 7.79. The number of nitrogens with zero attached hydrogens (tertiary/aromatic N) is 2. The van der Waals surface area contributed by atoms with Crippen LogP contribution in [-0.2, 0) is 9.47 Å². The summed E-state index contributed by atoms with van der Waals surface area (Å²) in [4.78, 5) is 28.0. The van der Waals surface area contributed by atoms with Gasteiger partial charge in [-0.2, -0.15) is 0 Å². The molecule has 138 valence electrons. The summed E-state index contributed by atoms with van der Waals surface area (Å²) in [7, 11) is 0. The van der Waals surface area contributed by atoms with Crippen molar-refractivity contribution in [3.63, 3.8) is 0 Å². The van der Waals surface area contributed by atoms with E-state index in [0.717, 1.165) is 10.2 Å². The van der Waals surface area contributed by atoms with Crippen LogP contribution < -0.4 is 4.90 Å².